The van der Waals surface area contributed by atoms with Gasteiger partial charge in [-0.25, -0.2) is 0 Å². The number of ketones is 1. The maximum Gasteiger partial charge on any atom is 0.202 e. The van der Waals surface area contributed by atoms with Crippen molar-refractivity contribution in [1.29, 1.82) is 0 Å². The summed E-state index contributed by atoms with van der Waals surface area (Å²) in [6.45, 7) is 0.0474. The van der Waals surface area contributed by atoms with Crippen molar-refractivity contribution in [2.45, 2.75) is 0 Å². The van der Waals surface area contributed by atoms with Crippen molar-refractivity contribution < 1.29 is 9.53 Å². The number of ether oxygens (including phenoxy) is 1. The lowest BCUT2D eigenvalue weighted by Gasteiger charge is -2.04. The van der Waals surface area contributed by atoms with E-state index < -0.39 is 0 Å². The molecule has 0 saturated heterocycles. The molecule has 0 unspecified atom stereocenters. The fraction of sp³-hybridized carbons (Fsp3) is 0.0833. The first-order chi connectivity index (χ1) is 8.16. The minimum atomic E-state index is -0.0392. The van der Waals surface area contributed by atoms with Crippen molar-refractivity contribution in [1.82, 2.24) is 0 Å². The van der Waals surface area contributed by atoms with Crippen LogP contribution >= 0.6 is 43.2 Å². The van der Waals surface area contributed by atoms with E-state index in [4.69, 9.17) is 4.74 Å². The number of rotatable bonds is 4. The lowest BCUT2D eigenvalue weighted by Crippen LogP contribution is -2.11. The predicted octanol–water partition coefficient (Wildman–Crippen LogP) is 4.53. The fourth-order valence-electron chi connectivity index (χ4n) is 1.27. The van der Waals surface area contributed by atoms with Crippen molar-refractivity contribution in [3.63, 3.8) is 0 Å². The molecule has 0 amide bonds. The highest BCUT2D eigenvalue weighted by Crippen LogP contribution is 2.32. The number of halogens is 2. The topological polar surface area (TPSA) is 26.3 Å². The average Bonchev–Trinajstić information content (AvgIpc) is 2.67. The summed E-state index contributed by atoms with van der Waals surface area (Å²) < 4.78 is 7.15. The molecule has 1 aromatic heterocycles. The van der Waals surface area contributed by atoms with Gasteiger partial charge in [-0.2, -0.15) is 0 Å². The van der Waals surface area contributed by atoms with E-state index in [1.165, 1.54) is 11.3 Å². The molecule has 0 aliphatic rings. The molecule has 1 heterocycles. The number of benzene rings is 1. The lowest BCUT2D eigenvalue weighted by atomic mass is 10.2. The maximum atomic E-state index is 11.9. The second-order valence-electron chi connectivity index (χ2n) is 3.26. The second kappa shape index (κ2) is 5.80. The normalized spacial score (nSPS) is 10.2. The summed E-state index contributed by atoms with van der Waals surface area (Å²) >= 11 is 8.18. The van der Waals surface area contributed by atoms with Crippen molar-refractivity contribution in [3.8, 4) is 5.75 Å². The smallest absolute Gasteiger partial charge is 0.202 e. The molecule has 0 N–H and O–H groups in total. The van der Waals surface area contributed by atoms with Crippen LogP contribution in [-0.4, -0.2) is 12.4 Å². The van der Waals surface area contributed by atoms with Crippen LogP contribution in [0.1, 0.15) is 10.4 Å². The summed E-state index contributed by atoms with van der Waals surface area (Å²) in [5.41, 5.74) is 0.651. The van der Waals surface area contributed by atoms with Crippen LogP contribution in [0.15, 0.2) is 44.0 Å². The number of Topliss-reactive ketones (excluding diaryl/α,β-unsaturated/α-hetero) is 1. The molecular formula is C12H8Br2O2S. The molecular weight excluding hydrogens is 368 g/mol. The average molecular weight is 376 g/mol. The van der Waals surface area contributed by atoms with E-state index in [9.17, 15) is 4.79 Å². The number of thiophene rings is 1. The molecule has 0 aliphatic heterocycles. The molecule has 0 aliphatic carbocycles. The Morgan fingerprint density at radius 2 is 1.94 bits per heavy atom. The van der Waals surface area contributed by atoms with E-state index in [0.29, 0.717) is 11.3 Å². The van der Waals surface area contributed by atoms with Crippen LogP contribution in [0.2, 0.25) is 0 Å². The highest BCUT2D eigenvalue weighted by atomic mass is 79.9. The fourth-order valence-corrected chi connectivity index (χ4v) is 4.13. The molecule has 0 spiro atoms. The monoisotopic (exact) mass is 374 g/mol. The first-order valence-electron chi connectivity index (χ1n) is 4.82. The van der Waals surface area contributed by atoms with Gasteiger partial charge in [0.2, 0.25) is 5.78 Å². The Bertz CT molecular complexity index is 523. The predicted molar refractivity (Wildman–Crippen MR) is 76.0 cm³/mol. The van der Waals surface area contributed by atoms with E-state index in [0.717, 1.165) is 7.57 Å². The van der Waals surface area contributed by atoms with Gasteiger partial charge in [0.15, 0.2) is 6.61 Å². The zero-order valence-electron chi connectivity index (χ0n) is 8.65. The molecule has 5 heteroatoms. The van der Waals surface area contributed by atoms with Crippen molar-refractivity contribution >= 4 is 49.0 Å². The van der Waals surface area contributed by atoms with Gasteiger partial charge in [-0.15, -0.1) is 11.3 Å². The zero-order chi connectivity index (χ0) is 12.3. The van der Waals surface area contributed by atoms with Gasteiger partial charge in [0, 0.05) is 5.56 Å². The van der Waals surface area contributed by atoms with Gasteiger partial charge in [0.05, 0.1) is 7.57 Å². The van der Waals surface area contributed by atoms with E-state index in [1.54, 1.807) is 6.07 Å². The van der Waals surface area contributed by atoms with Gasteiger partial charge in [0.25, 0.3) is 0 Å². The maximum absolute atomic E-state index is 11.9. The summed E-state index contributed by atoms with van der Waals surface area (Å²) in [6, 6.07) is 11.1. The summed E-state index contributed by atoms with van der Waals surface area (Å²) in [6.07, 6.45) is 0. The summed E-state index contributed by atoms with van der Waals surface area (Å²) in [7, 11) is 0. The summed E-state index contributed by atoms with van der Waals surface area (Å²) in [4.78, 5) is 11.9. The zero-order valence-corrected chi connectivity index (χ0v) is 12.6. The molecule has 2 aromatic rings. The van der Waals surface area contributed by atoms with Gasteiger partial charge < -0.3 is 4.74 Å². The van der Waals surface area contributed by atoms with Gasteiger partial charge in [-0.1, -0.05) is 18.2 Å². The van der Waals surface area contributed by atoms with Crippen LogP contribution < -0.4 is 4.74 Å². The van der Waals surface area contributed by atoms with Crippen molar-refractivity contribution in [2.75, 3.05) is 6.61 Å². The molecule has 0 fully saturated rings. The standard InChI is InChI=1S/C12H8Br2O2S/c13-11-6-9(12(14)17-11)10(15)7-16-8-4-2-1-3-5-8/h1-6H,7H2. The minimum Gasteiger partial charge on any atom is -0.485 e. The molecule has 2 rings (SSSR count). The van der Waals surface area contributed by atoms with Crippen LogP contribution in [0, 0.1) is 0 Å². The first kappa shape index (κ1) is 12.8. The van der Waals surface area contributed by atoms with E-state index >= 15 is 0 Å². The largest absolute Gasteiger partial charge is 0.485 e. The van der Waals surface area contributed by atoms with E-state index in [-0.39, 0.29) is 12.4 Å². The minimum absolute atomic E-state index is 0.0392. The van der Waals surface area contributed by atoms with Crippen LogP contribution in [0.4, 0.5) is 0 Å². The number of hydrogen-bond acceptors (Lipinski definition) is 3. The number of carbonyl (C=O) groups is 1. The van der Waals surface area contributed by atoms with E-state index in [2.05, 4.69) is 31.9 Å². The van der Waals surface area contributed by atoms with Crippen LogP contribution in [-0.2, 0) is 0 Å². The number of para-hydroxylation sites is 1. The molecule has 0 saturated carbocycles. The van der Waals surface area contributed by atoms with Gasteiger partial charge >= 0.3 is 0 Å². The first-order valence-corrected chi connectivity index (χ1v) is 7.23. The van der Waals surface area contributed by atoms with Crippen LogP contribution in [0.5, 0.6) is 5.75 Å². The van der Waals surface area contributed by atoms with Gasteiger partial charge in [-0.05, 0) is 50.1 Å². The third kappa shape index (κ3) is 3.40. The van der Waals surface area contributed by atoms with Gasteiger partial charge in [0.1, 0.15) is 5.75 Å². The third-order valence-electron chi connectivity index (χ3n) is 2.07. The Labute approximate surface area is 120 Å². The summed E-state index contributed by atoms with van der Waals surface area (Å²) in [5.74, 6) is 0.661. The summed E-state index contributed by atoms with van der Waals surface area (Å²) in [5, 5.41) is 0. The lowest BCUT2D eigenvalue weighted by molar-refractivity contribution is 0.0921. The number of carbonyl (C=O) groups excluding carboxylic acids is 1. The second-order valence-corrected chi connectivity index (χ2v) is 7.01. The van der Waals surface area contributed by atoms with Gasteiger partial charge in [-0.3, -0.25) is 4.79 Å². The Morgan fingerprint density at radius 1 is 1.24 bits per heavy atom. The highest BCUT2D eigenvalue weighted by Gasteiger charge is 2.14. The third-order valence-corrected chi connectivity index (χ3v) is 4.41. The molecule has 1 aromatic carbocycles. The van der Waals surface area contributed by atoms with E-state index in [1.807, 2.05) is 30.3 Å². The van der Waals surface area contributed by atoms with Crippen molar-refractivity contribution in [2.24, 2.45) is 0 Å². The molecule has 0 atom stereocenters. The number of hydrogen-bond donors (Lipinski definition) is 0. The SMILES string of the molecule is O=C(COc1ccccc1)c1cc(Br)sc1Br. The van der Waals surface area contributed by atoms with Crippen LogP contribution in [0.25, 0.3) is 0 Å². The molecule has 0 bridgehead atoms. The molecule has 88 valence electrons. The van der Waals surface area contributed by atoms with Crippen molar-refractivity contribution in [3.05, 3.63) is 49.5 Å². The molecule has 0 radical (unpaired) electrons. The van der Waals surface area contributed by atoms with Crippen LogP contribution in [0.3, 0.4) is 0 Å². The Balaban J connectivity index is 2.01. The molecule has 17 heavy (non-hydrogen) atoms. The quantitative estimate of drug-likeness (QED) is 0.733. The Morgan fingerprint density at radius 3 is 2.53 bits per heavy atom. The molecule has 2 nitrogen and oxygen atoms in total. The highest BCUT2D eigenvalue weighted by molar-refractivity contribution is 9.12. The Kier molecular flexibility index (Phi) is 4.36. The Hall–Kier alpha value is -0.650.